The molecule has 0 radical (unpaired) electrons. The molecule has 9 heteroatoms. The molecule has 0 saturated heterocycles. The lowest BCUT2D eigenvalue weighted by Gasteiger charge is -2.15. The maximum absolute atomic E-state index is 4.88. The summed E-state index contributed by atoms with van der Waals surface area (Å²) in [7, 11) is 0. The average Bonchev–Trinajstić information content (AvgIpc) is 1.65. The van der Waals surface area contributed by atoms with E-state index in [1.807, 2.05) is 0 Å². The zero-order chi connectivity index (χ0) is 69.3. The van der Waals surface area contributed by atoms with Crippen molar-refractivity contribution in [2.24, 2.45) is 0 Å². The first-order valence-electron chi connectivity index (χ1n) is 35.3. The summed E-state index contributed by atoms with van der Waals surface area (Å²) in [4.78, 5) is 23.6. The predicted octanol–water partition coefficient (Wildman–Crippen LogP) is 21.8. The zero-order valence-electron chi connectivity index (χ0n) is 60.7. The van der Waals surface area contributed by atoms with Gasteiger partial charge < -0.3 is 18.3 Å². The standard InChI is InChI=1S/3C23H24N2.C21H21N3/c1-15-17(3)24-18(4)16(2)19(15)13-14-25-22-11-7-5-9-20(22)21-10-6-8-12-23(21)25;1-15-16(2)19(18(4)24-17(15)3)13-14-25-22-11-7-5-9-20(22)21-10-6-8-12-23(21)25;1-15-16(2)18(4)24-21(17(15)3)13-14-25-22-11-7-5-9-19(22)20-10-6-8-12-23(20)25;1-14-15(2)22-21(23-16(14)3)12-13-24-19-10-6-4-8-17(19)18-9-5-7-11-20(18)24/h3*5-12H,13-14H2,1-4H3;4-11H,12-13H2,1-3H3. The van der Waals surface area contributed by atoms with Crippen LogP contribution in [0.1, 0.15) is 107 Å². The highest BCUT2D eigenvalue weighted by molar-refractivity contribution is 6.10. The van der Waals surface area contributed by atoms with Crippen molar-refractivity contribution in [1.82, 2.24) is 43.2 Å². The predicted molar refractivity (Wildman–Crippen MR) is 418 cm³/mol. The summed E-state index contributed by atoms with van der Waals surface area (Å²) in [6, 6.07) is 69.5. The molecule has 0 fully saturated rings. The average molecular weight is 1300 g/mol. The van der Waals surface area contributed by atoms with E-state index in [1.54, 1.807) is 0 Å². The monoisotopic (exact) mass is 1300 g/mol. The zero-order valence-corrected chi connectivity index (χ0v) is 60.7. The molecule has 0 saturated carbocycles. The van der Waals surface area contributed by atoms with E-state index in [4.69, 9.17) is 9.97 Å². The fourth-order valence-corrected chi connectivity index (χ4v) is 15.2. The molecule has 0 spiro atoms. The Morgan fingerprint density at radius 3 is 0.798 bits per heavy atom. The molecule has 0 aliphatic heterocycles. The van der Waals surface area contributed by atoms with Gasteiger partial charge in [-0.2, -0.15) is 0 Å². The van der Waals surface area contributed by atoms with E-state index in [1.165, 1.54) is 154 Å². The van der Waals surface area contributed by atoms with Gasteiger partial charge in [0.05, 0.1) is 0 Å². The van der Waals surface area contributed by atoms with Gasteiger partial charge in [0.25, 0.3) is 0 Å². The Hall–Kier alpha value is -10.5. The number of benzene rings is 8. The largest absolute Gasteiger partial charge is 0.340 e. The Bertz CT molecular complexity index is 5450. The number of rotatable bonds is 12. The number of aryl methyl sites for hydroxylation is 13. The van der Waals surface area contributed by atoms with Crippen LogP contribution in [0.15, 0.2) is 194 Å². The van der Waals surface area contributed by atoms with E-state index in [2.05, 4.69) is 331 Å². The van der Waals surface area contributed by atoms with Crippen molar-refractivity contribution in [3.63, 3.8) is 0 Å². The van der Waals surface area contributed by atoms with Crippen LogP contribution in [0.25, 0.3) is 87.2 Å². The quantitative estimate of drug-likeness (QED) is 0.122. The summed E-state index contributed by atoms with van der Waals surface area (Å²) in [5.74, 6) is 0.928. The summed E-state index contributed by atoms with van der Waals surface area (Å²) in [6.45, 7) is 36.0. The van der Waals surface area contributed by atoms with E-state index in [0.29, 0.717) is 0 Å². The fraction of sp³-hybridized carbons (Fsp3) is 0.256. The van der Waals surface area contributed by atoms with Crippen LogP contribution in [0.3, 0.4) is 0 Å². The third-order valence-corrected chi connectivity index (χ3v) is 21.8. The lowest BCUT2D eigenvalue weighted by Crippen LogP contribution is -2.07. The Morgan fingerprint density at radius 2 is 0.455 bits per heavy atom. The van der Waals surface area contributed by atoms with E-state index in [-0.39, 0.29) is 0 Å². The van der Waals surface area contributed by atoms with Gasteiger partial charge in [-0.25, -0.2) is 9.97 Å². The number of hydrogen-bond acceptors (Lipinski definition) is 5. The molecule has 16 rings (SSSR count). The normalized spacial score (nSPS) is 11.5. The SMILES string of the molecule is Cc1nc(C)c(C)c(CCn2c3ccccc3c3ccccc32)c1C.Cc1nc(C)c(CCn2c3ccccc3c3ccccc32)c(C)c1C.Cc1nc(CCn2c3ccccc3c3ccccc32)c(C)c(C)c1C.Cc1nc(CCn2c3ccccc3c3ccccc32)nc(C)c1C. The molecule has 99 heavy (non-hydrogen) atoms. The molecule has 16 aromatic rings. The third kappa shape index (κ3) is 13.0. The summed E-state index contributed by atoms with van der Waals surface area (Å²) in [5.41, 5.74) is 33.1. The molecular weight excluding hydrogens is 1210 g/mol. The highest BCUT2D eigenvalue weighted by Gasteiger charge is 2.18. The van der Waals surface area contributed by atoms with Crippen LogP contribution in [0.5, 0.6) is 0 Å². The fourth-order valence-electron chi connectivity index (χ4n) is 15.2. The molecule has 0 aliphatic rings. The smallest absolute Gasteiger partial charge is 0.130 e. The van der Waals surface area contributed by atoms with E-state index in [9.17, 15) is 0 Å². The number of aromatic nitrogens is 9. The summed E-state index contributed by atoms with van der Waals surface area (Å²) in [6.07, 6.45) is 3.83. The Balaban J connectivity index is 0.000000119. The van der Waals surface area contributed by atoms with Crippen LogP contribution in [-0.2, 0) is 51.9 Å². The highest BCUT2D eigenvalue weighted by atomic mass is 15.0. The van der Waals surface area contributed by atoms with Gasteiger partial charge in [0, 0.05) is 172 Å². The van der Waals surface area contributed by atoms with Gasteiger partial charge in [-0.05, 0) is 221 Å². The molecule has 0 bridgehead atoms. The Kier molecular flexibility index (Phi) is 19.3. The minimum absolute atomic E-state index is 0.838. The highest BCUT2D eigenvalue weighted by Crippen LogP contribution is 2.35. The van der Waals surface area contributed by atoms with Crippen LogP contribution in [0, 0.1) is 104 Å². The van der Waals surface area contributed by atoms with Crippen molar-refractivity contribution in [3.8, 4) is 0 Å². The molecular formula is C90H93N9. The number of hydrogen-bond donors (Lipinski definition) is 0. The molecule has 8 aromatic heterocycles. The molecule has 0 unspecified atom stereocenters. The molecule has 8 aromatic carbocycles. The van der Waals surface area contributed by atoms with Crippen molar-refractivity contribution < 1.29 is 0 Å². The Morgan fingerprint density at radius 1 is 0.202 bits per heavy atom. The van der Waals surface area contributed by atoms with Crippen LogP contribution < -0.4 is 0 Å². The second-order valence-electron chi connectivity index (χ2n) is 27.2. The number of nitrogens with zero attached hydrogens (tertiary/aromatic N) is 9. The molecule has 8 heterocycles. The van der Waals surface area contributed by atoms with Gasteiger partial charge in [0.1, 0.15) is 5.82 Å². The number of para-hydroxylation sites is 8. The topological polar surface area (TPSA) is 84.2 Å². The first-order valence-corrected chi connectivity index (χ1v) is 35.3. The van der Waals surface area contributed by atoms with Crippen LogP contribution in [-0.4, -0.2) is 43.2 Å². The van der Waals surface area contributed by atoms with Crippen molar-refractivity contribution in [2.75, 3.05) is 0 Å². The molecule has 9 nitrogen and oxygen atoms in total. The van der Waals surface area contributed by atoms with Crippen molar-refractivity contribution in [1.29, 1.82) is 0 Å². The number of pyridine rings is 3. The number of fused-ring (bicyclic) bond motifs is 12. The summed E-state index contributed by atoms with van der Waals surface area (Å²) >= 11 is 0. The van der Waals surface area contributed by atoms with E-state index in [0.717, 1.165) is 91.9 Å². The molecule has 498 valence electrons. The van der Waals surface area contributed by atoms with Gasteiger partial charge in [0.2, 0.25) is 0 Å². The summed E-state index contributed by atoms with van der Waals surface area (Å²) < 4.78 is 9.75. The minimum atomic E-state index is 0.838. The Labute approximate surface area is 583 Å². The first kappa shape index (κ1) is 67.1. The van der Waals surface area contributed by atoms with Crippen molar-refractivity contribution in [2.45, 2.75) is 156 Å². The van der Waals surface area contributed by atoms with E-state index < -0.39 is 0 Å². The molecule has 0 aliphatic carbocycles. The maximum atomic E-state index is 4.88. The molecule has 0 amide bonds. The second-order valence-corrected chi connectivity index (χ2v) is 27.2. The van der Waals surface area contributed by atoms with Crippen LogP contribution >= 0.6 is 0 Å². The van der Waals surface area contributed by atoms with Crippen LogP contribution in [0.4, 0.5) is 0 Å². The second kappa shape index (κ2) is 28.5. The maximum Gasteiger partial charge on any atom is 0.130 e. The van der Waals surface area contributed by atoms with Gasteiger partial charge in [-0.1, -0.05) is 146 Å². The first-order chi connectivity index (χ1) is 47.9. The van der Waals surface area contributed by atoms with Gasteiger partial charge in [-0.3, -0.25) is 15.0 Å². The van der Waals surface area contributed by atoms with Crippen LogP contribution in [0.2, 0.25) is 0 Å². The van der Waals surface area contributed by atoms with Crippen molar-refractivity contribution in [3.05, 3.63) is 301 Å². The minimum Gasteiger partial charge on any atom is -0.340 e. The van der Waals surface area contributed by atoms with Gasteiger partial charge in [-0.15, -0.1) is 0 Å². The molecule has 0 atom stereocenters. The van der Waals surface area contributed by atoms with Gasteiger partial charge >= 0.3 is 0 Å². The van der Waals surface area contributed by atoms with E-state index >= 15 is 0 Å². The summed E-state index contributed by atoms with van der Waals surface area (Å²) in [5, 5.41) is 10.6. The lowest BCUT2D eigenvalue weighted by atomic mass is 9.98. The van der Waals surface area contributed by atoms with Crippen molar-refractivity contribution >= 4 is 87.2 Å². The molecule has 0 N–H and O–H groups in total. The third-order valence-electron chi connectivity index (χ3n) is 21.8. The lowest BCUT2D eigenvalue weighted by molar-refractivity contribution is 0.703. The van der Waals surface area contributed by atoms with Gasteiger partial charge in [0.15, 0.2) is 0 Å².